The van der Waals surface area contributed by atoms with Crippen LogP contribution in [0.15, 0.2) is 42.5 Å². The molecule has 6 heteroatoms. The number of rotatable bonds is 9. The largest absolute Gasteiger partial charge is 0.497 e. The highest BCUT2D eigenvalue weighted by molar-refractivity contribution is 6.31. The number of nitrogens with zero attached hydrogens (tertiary/aromatic N) is 1. The smallest absolute Gasteiger partial charge is 0.255 e. The molecule has 2 aromatic carbocycles. The molecule has 0 aliphatic rings. The third-order valence-electron chi connectivity index (χ3n) is 4.59. The van der Waals surface area contributed by atoms with Gasteiger partial charge in [0, 0.05) is 11.6 Å². The number of hydrogen-bond acceptors (Lipinski definition) is 4. The van der Waals surface area contributed by atoms with Crippen LogP contribution < -0.4 is 14.8 Å². The lowest BCUT2D eigenvalue weighted by Crippen LogP contribution is -2.38. The number of benzene rings is 2. The summed E-state index contributed by atoms with van der Waals surface area (Å²) in [5.74, 6) is 1.08. The van der Waals surface area contributed by atoms with Crippen molar-refractivity contribution in [3.63, 3.8) is 0 Å². The van der Waals surface area contributed by atoms with Gasteiger partial charge < -0.3 is 14.8 Å². The highest BCUT2D eigenvalue weighted by atomic mass is 35.5. The van der Waals surface area contributed by atoms with Gasteiger partial charge in [0.25, 0.3) is 5.91 Å². The number of halogens is 1. The lowest BCUT2D eigenvalue weighted by atomic mass is 10.0. The minimum absolute atomic E-state index is 0.0317. The van der Waals surface area contributed by atoms with E-state index in [-0.39, 0.29) is 11.9 Å². The summed E-state index contributed by atoms with van der Waals surface area (Å²) in [6.45, 7) is 6.42. The maximum absolute atomic E-state index is 12.7. The number of carbonyl (C=O) groups excluding carboxylic acids is 1. The van der Waals surface area contributed by atoms with E-state index < -0.39 is 0 Å². The zero-order chi connectivity index (χ0) is 19.8. The molecule has 0 aliphatic carbocycles. The molecule has 0 bridgehead atoms. The van der Waals surface area contributed by atoms with Gasteiger partial charge in [-0.05, 0) is 49.0 Å². The van der Waals surface area contributed by atoms with Gasteiger partial charge in [0.05, 0.1) is 25.8 Å². The SMILES string of the molecule is CCN(CC)C(CNC(=O)c1cc(Cl)ccc1OC)c1cccc(OC)c1. The maximum Gasteiger partial charge on any atom is 0.255 e. The Morgan fingerprint density at radius 3 is 2.48 bits per heavy atom. The Bertz CT molecular complexity index is 763. The van der Waals surface area contributed by atoms with Gasteiger partial charge in [-0.1, -0.05) is 37.6 Å². The predicted molar refractivity (Wildman–Crippen MR) is 109 cm³/mol. The maximum atomic E-state index is 12.7. The fraction of sp³-hybridized carbons (Fsp3) is 0.381. The molecular weight excluding hydrogens is 364 g/mol. The third-order valence-corrected chi connectivity index (χ3v) is 4.83. The van der Waals surface area contributed by atoms with E-state index in [1.165, 1.54) is 7.11 Å². The van der Waals surface area contributed by atoms with E-state index >= 15 is 0 Å². The number of amides is 1. The van der Waals surface area contributed by atoms with Crippen LogP contribution in [0.5, 0.6) is 11.5 Å². The molecule has 1 amide bonds. The molecule has 0 aromatic heterocycles. The van der Waals surface area contributed by atoms with Crippen molar-refractivity contribution in [2.75, 3.05) is 33.9 Å². The Morgan fingerprint density at radius 2 is 1.85 bits per heavy atom. The fourth-order valence-electron chi connectivity index (χ4n) is 3.11. The van der Waals surface area contributed by atoms with Gasteiger partial charge in [0.15, 0.2) is 0 Å². The molecule has 146 valence electrons. The van der Waals surface area contributed by atoms with Gasteiger partial charge in [-0.15, -0.1) is 0 Å². The molecule has 0 aliphatic heterocycles. The first-order chi connectivity index (χ1) is 13.0. The van der Waals surface area contributed by atoms with Crippen molar-refractivity contribution in [2.24, 2.45) is 0 Å². The molecule has 0 saturated carbocycles. The number of methoxy groups -OCH3 is 2. The third kappa shape index (κ3) is 5.37. The van der Waals surface area contributed by atoms with Gasteiger partial charge in [-0.2, -0.15) is 0 Å². The summed E-state index contributed by atoms with van der Waals surface area (Å²) in [6, 6.07) is 13.0. The van der Waals surface area contributed by atoms with Crippen LogP contribution in [0.2, 0.25) is 5.02 Å². The average molecular weight is 391 g/mol. The van der Waals surface area contributed by atoms with Crippen molar-refractivity contribution in [3.8, 4) is 11.5 Å². The number of hydrogen-bond donors (Lipinski definition) is 1. The zero-order valence-electron chi connectivity index (χ0n) is 16.3. The van der Waals surface area contributed by atoms with E-state index in [0.717, 1.165) is 24.4 Å². The molecule has 1 atom stereocenters. The lowest BCUT2D eigenvalue weighted by molar-refractivity contribution is 0.0932. The van der Waals surface area contributed by atoms with E-state index in [1.54, 1.807) is 25.3 Å². The molecule has 0 heterocycles. The van der Waals surface area contributed by atoms with Gasteiger partial charge in [-0.25, -0.2) is 0 Å². The van der Waals surface area contributed by atoms with Crippen molar-refractivity contribution >= 4 is 17.5 Å². The molecule has 2 aromatic rings. The Labute approximate surface area is 166 Å². The summed E-state index contributed by atoms with van der Waals surface area (Å²) in [6.07, 6.45) is 0. The van der Waals surface area contributed by atoms with E-state index in [0.29, 0.717) is 22.9 Å². The summed E-state index contributed by atoms with van der Waals surface area (Å²) in [5, 5.41) is 3.52. The van der Waals surface area contributed by atoms with Crippen LogP contribution in [0.25, 0.3) is 0 Å². The highest BCUT2D eigenvalue weighted by Crippen LogP contribution is 2.25. The first kappa shape index (κ1) is 21.1. The Morgan fingerprint density at radius 1 is 1.11 bits per heavy atom. The molecule has 27 heavy (non-hydrogen) atoms. The van der Waals surface area contributed by atoms with Gasteiger partial charge in [0.1, 0.15) is 11.5 Å². The van der Waals surface area contributed by atoms with Gasteiger partial charge in [-0.3, -0.25) is 9.69 Å². The molecule has 1 N–H and O–H groups in total. The second kappa shape index (κ2) is 10.2. The number of likely N-dealkylation sites (N-methyl/N-ethyl adjacent to an activating group) is 1. The van der Waals surface area contributed by atoms with Crippen LogP contribution in [0.3, 0.4) is 0 Å². The number of ether oxygens (including phenoxy) is 2. The Kier molecular flexibility index (Phi) is 7.95. The quantitative estimate of drug-likeness (QED) is 0.698. The lowest BCUT2D eigenvalue weighted by Gasteiger charge is -2.30. The zero-order valence-corrected chi connectivity index (χ0v) is 17.0. The second-order valence-electron chi connectivity index (χ2n) is 6.07. The summed E-state index contributed by atoms with van der Waals surface area (Å²) >= 11 is 6.05. The molecule has 5 nitrogen and oxygen atoms in total. The van der Waals surface area contributed by atoms with Gasteiger partial charge >= 0.3 is 0 Å². The van der Waals surface area contributed by atoms with Crippen molar-refractivity contribution in [3.05, 3.63) is 58.6 Å². The molecule has 2 rings (SSSR count). The highest BCUT2D eigenvalue weighted by Gasteiger charge is 2.21. The number of nitrogens with one attached hydrogen (secondary N) is 1. The summed E-state index contributed by atoms with van der Waals surface area (Å²) in [7, 11) is 3.19. The normalized spacial score (nSPS) is 11.9. The molecule has 0 fully saturated rings. The van der Waals surface area contributed by atoms with Crippen LogP contribution in [-0.2, 0) is 0 Å². The van der Waals surface area contributed by atoms with Crippen molar-refractivity contribution in [1.82, 2.24) is 10.2 Å². The van der Waals surface area contributed by atoms with Crippen LogP contribution in [-0.4, -0.2) is 44.7 Å². The van der Waals surface area contributed by atoms with Crippen molar-refractivity contribution < 1.29 is 14.3 Å². The van der Waals surface area contributed by atoms with Crippen LogP contribution in [0.1, 0.15) is 35.8 Å². The van der Waals surface area contributed by atoms with E-state index in [1.807, 2.05) is 18.2 Å². The Hall–Kier alpha value is -2.24. The minimum atomic E-state index is -0.214. The van der Waals surface area contributed by atoms with Crippen LogP contribution in [0.4, 0.5) is 0 Å². The van der Waals surface area contributed by atoms with Crippen LogP contribution >= 0.6 is 11.6 Å². The Balaban J connectivity index is 2.23. The molecule has 1 unspecified atom stereocenters. The topological polar surface area (TPSA) is 50.8 Å². The monoisotopic (exact) mass is 390 g/mol. The van der Waals surface area contributed by atoms with Crippen LogP contribution in [0, 0.1) is 0 Å². The minimum Gasteiger partial charge on any atom is -0.497 e. The first-order valence-electron chi connectivity index (χ1n) is 9.03. The van der Waals surface area contributed by atoms with E-state index in [9.17, 15) is 4.79 Å². The summed E-state index contributed by atoms with van der Waals surface area (Å²) in [4.78, 5) is 15.0. The molecular formula is C21H27ClN2O3. The predicted octanol–water partition coefficient (Wildman–Crippen LogP) is 4.17. The standard InChI is InChI=1S/C21H27ClN2O3/c1-5-24(6-2)19(15-8-7-9-17(12-15)26-3)14-23-21(25)18-13-16(22)10-11-20(18)27-4/h7-13,19H,5-6,14H2,1-4H3,(H,23,25). The second-order valence-corrected chi connectivity index (χ2v) is 6.50. The van der Waals surface area contributed by atoms with E-state index in [2.05, 4.69) is 30.1 Å². The summed E-state index contributed by atoms with van der Waals surface area (Å²) in [5.41, 5.74) is 1.52. The average Bonchev–Trinajstić information content (AvgIpc) is 2.70. The van der Waals surface area contributed by atoms with E-state index in [4.69, 9.17) is 21.1 Å². The molecule has 0 spiro atoms. The van der Waals surface area contributed by atoms with Crippen molar-refractivity contribution in [2.45, 2.75) is 19.9 Å². The fourth-order valence-corrected chi connectivity index (χ4v) is 3.29. The number of carbonyl (C=O) groups is 1. The molecule has 0 saturated heterocycles. The van der Waals surface area contributed by atoms with Gasteiger partial charge in [0.2, 0.25) is 0 Å². The molecule has 0 radical (unpaired) electrons. The first-order valence-corrected chi connectivity index (χ1v) is 9.41. The van der Waals surface area contributed by atoms with Crippen molar-refractivity contribution in [1.29, 1.82) is 0 Å². The summed E-state index contributed by atoms with van der Waals surface area (Å²) < 4.78 is 10.6.